The van der Waals surface area contributed by atoms with Crippen LogP contribution in [0.3, 0.4) is 0 Å². The maximum atomic E-state index is 13.4. The molecule has 90 valence electrons. The summed E-state index contributed by atoms with van der Waals surface area (Å²) in [5, 5.41) is 5.69. The van der Waals surface area contributed by atoms with E-state index in [1.807, 2.05) is 24.6 Å². The molecule has 2 rings (SSSR count). The lowest BCUT2D eigenvalue weighted by atomic mass is 10.0. The number of halogens is 2. The number of aryl methyl sites for hydroxylation is 1. The topological polar surface area (TPSA) is 12.0 Å². The van der Waals surface area contributed by atoms with Crippen LogP contribution in [0.4, 0.5) is 4.39 Å². The van der Waals surface area contributed by atoms with E-state index < -0.39 is 0 Å². The lowest BCUT2D eigenvalue weighted by molar-refractivity contribution is 0.614. The van der Waals surface area contributed by atoms with E-state index in [0.29, 0.717) is 10.6 Å². The van der Waals surface area contributed by atoms with Crippen LogP contribution in [0.1, 0.15) is 22.0 Å². The number of hydrogen-bond donors (Lipinski definition) is 1. The van der Waals surface area contributed by atoms with Crippen LogP contribution in [-0.2, 0) is 0 Å². The summed E-state index contributed by atoms with van der Waals surface area (Å²) >= 11 is 7.77. The number of thiophene rings is 1. The summed E-state index contributed by atoms with van der Waals surface area (Å²) in [6.45, 7) is 1.75. The molecule has 0 amide bonds. The molecule has 0 aliphatic rings. The number of nitrogens with one attached hydrogen (secondary N) is 1. The largest absolute Gasteiger partial charge is 0.309 e. The fraction of sp³-hybridized carbons (Fsp3) is 0.231. The van der Waals surface area contributed by atoms with Crippen molar-refractivity contribution in [2.24, 2.45) is 0 Å². The Morgan fingerprint density at radius 3 is 2.76 bits per heavy atom. The maximum Gasteiger partial charge on any atom is 0.127 e. The molecule has 0 saturated heterocycles. The highest BCUT2D eigenvalue weighted by Gasteiger charge is 2.17. The zero-order valence-corrected chi connectivity index (χ0v) is 11.2. The first kappa shape index (κ1) is 12.6. The van der Waals surface area contributed by atoms with Crippen LogP contribution in [0.25, 0.3) is 0 Å². The Bertz CT molecular complexity index is 510. The molecule has 1 aromatic heterocycles. The highest BCUT2D eigenvalue weighted by atomic mass is 35.5. The lowest BCUT2D eigenvalue weighted by Gasteiger charge is -2.17. The molecule has 0 spiro atoms. The number of benzene rings is 1. The molecule has 17 heavy (non-hydrogen) atoms. The van der Waals surface area contributed by atoms with E-state index >= 15 is 0 Å². The zero-order chi connectivity index (χ0) is 12.4. The van der Waals surface area contributed by atoms with Crippen molar-refractivity contribution in [3.63, 3.8) is 0 Å². The Hall–Kier alpha value is -0.900. The molecule has 0 saturated carbocycles. The second-order valence-corrected chi connectivity index (χ2v) is 5.25. The van der Waals surface area contributed by atoms with Gasteiger partial charge in [0.05, 0.1) is 6.04 Å². The van der Waals surface area contributed by atoms with Gasteiger partial charge in [-0.2, -0.15) is 0 Å². The summed E-state index contributed by atoms with van der Waals surface area (Å²) in [6, 6.07) is 7.24. The summed E-state index contributed by atoms with van der Waals surface area (Å²) in [4.78, 5) is 1.17. The van der Waals surface area contributed by atoms with Gasteiger partial charge in [-0.3, -0.25) is 0 Å². The Kier molecular flexibility index (Phi) is 3.82. The van der Waals surface area contributed by atoms with E-state index in [4.69, 9.17) is 11.6 Å². The fourth-order valence-electron chi connectivity index (χ4n) is 1.81. The van der Waals surface area contributed by atoms with Gasteiger partial charge >= 0.3 is 0 Å². The van der Waals surface area contributed by atoms with E-state index in [0.717, 1.165) is 5.56 Å². The average molecular weight is 270 g/mol. The third kappa shape index (κ3) is 2.51. The molecule has 1 atom stereocenters. The average Bonchev–Trinajstić information content (AvgIpc) is 2.80. The predicted molar refractivity (Wildman–Crippen MR) is 71.4 cm³/mol. The molecule has 1 N–H and O–H groups in total. The number of rotatable bonds is 3. The molecular weight excluding hydrogens is 257 g/mol. The summed E-state index contributed by atoms with van der Waals surface area (Å²) in [5.74, 6) is -0.264. The van der Waals surface area contributed by atoms with Gasteiger partial charge in [0.1, 0.15) is 5.82 Å². The third-order valence-electron chi connectivity index (χ3n) is 2.71. The quantitative estimate of drug-likeness (QED) is 0.882. The molecule has 0 aliphatic carbocycles. The van der Waals surface area contributed by atoms with E-state index in [-0.39, 0.29) is 11.9 Å². The van der Waals surface area contributed by atoms with Crippen molar-refractivity contribution in [3.05, 3.63) is 56.5 Å². The Labute approximate surface area is 109 Å². The minimum absolute atomic E-state index is 0.0156. The second kappa shape index (κ2) is 5.17. The normalized spacial score (nSPS) is 12.7. The van der Waals surface area contributed by atoms with Gasteiger partial charge in [-0.1, -0.05) is 17.7 Å². The van der Waals surface area contributed by atoms with E-state index in [2.05, 4.69) is 5.32 Å². The molecule has 4 heteroatoms. The minimum Gasteiger partial charge on any atom is -0.309 e. The Morgan fingerprint density at radius 1 is 1.41 bits per heavy atom. The molecule has 0 fully saturated rings. The van der Waals surface area contributed by atoms with Gasteiger partial charge in [-0.05, 0) is 48.7 Å². The molecule has 1 nitrogen and oxygen atoms in total. The van der Waals surface area contributed by atoms with Gasteiger partial charge in [0.15, 0.2) is 0 Å². The minimum atomic E-state index is -0.264. The van der Waals surface area contributed by atoms with Crippen LogP contribution in [0, 0.1) is 12.7 Å². The first-order valence-corrected chi connectivity index (χ1v) is 6.55. The SMILES string of the molecule is CNC(c1cccs1)c1cc(C)c(F)cc1Cl. The predicted octanol–water partition coefficient (Wildman–Crippen LogP) is 4.16. The van der Waals surface area contributed by atoms with Gasteiger partial charge < -0.3 is 5.32 Å². The molecule has 0 aliphatic heterocycles. The Morgan fingerprint density at radius 2 is 2.18 bits per heavy atom. The highest BCUT2D eigenvalue weighted by molar-refractivity contribution is 7.10. The summed E-state index contributed by atoms with van der Waals surface area (Å²) in [6.07, 6.45) is 0. The van der Waals surface area contributed by atoms with Crippen LogP contribution < -0.4 is 5.32 Å². The molecule has 2 aromatic rings. The van der Waals surface area contributed by atoms with Crippen molar-refractivity contribution >= 4 is 22.9 Å². The van der Waals surface area contributed by atoms with Crippen LogP contribution in [-0.4, -0.2) is 7.05 Å². The molecule has 1 heterocycles. The van der Waals surface area contributed by atoms with Crippen LogP contribution in [0.5, 0.6) is 0 Å². The molecule has 0 bridgehead atoms. The van der Waals surface area contributed by atoms with Crippen molar-refractivity contribution in [2.45, 2.75) is 13.0 Å². The van der Waals surface area contributed by atoms with Gasteiger partial charge in [-0.15, -0.1) is 11.3 Å². The molecule has 0 radical (unpaired) electrons. The third-order valence-corrected chi connectivity index (χ3v) is 3.97. The first-order chi connectivity index (χ1) is 8.13. The van der Waals surface area contributed by atoms with E-state index in [1.165, 1.54) is 10.9 Å². The standard InChI is InChI=1S/C13H13ClFNS/c1-8-6-9(10(14)7-11(8)15)13(16-2)12-4-3-5-17-12/h3-7,13,16H,1-2H3. The zero-order valence-electron chi connectivity index (χ0n) is 9.63. The lowest BCUT2D eigenvalue weighted by Crippen LogP contribution is -2.17. The van der Waals surface area contributed by atoms with Gasteiger partial charge in [0.2, 0.25) is 0 Å². The molecular formula is C13H13ClFNS. The first-order valence-electron chi connectivity index (χ1n) is 5.29. The van der Waals surface area contributed by atoms with Gasteiger partial charge in [0.25, 0.3) is 0 Å². The Balaban J connectivity index is 2.48. The summed E-state index contributed by atoms with van der Waals surface area (Å²) in [5.41, 5.74) is 1.52. The van der Waals surface area contributed by atoms with Crippen LogP contribution in [0.2, 0.25) is 5.02 Å². The van der Waals surface area contributed by atoms with E-state index in [9.17, 15) is 4.39 Å². The van der Waals surface area contributed by atoms with Crippen LogP contribution >= 0.6 is 22.9 Å². The fourth-order valence-corrected chi connectivity index (χ4v) is 2.92. The van der Waals surface area contributed by atoms with Crippen LogP contribution in [0.15, 0.2) is 29.6 Å². The number of hydrogen-bond acceptors (Lipinski definition) is 2. The van der Waals surface area contributed by atoms with E-state index in [1.54, 1.807) is 24.3 Å². The van der Waals surface area contributed by atoms with Crippen molar-refractivity contribution in [1.29, 1.82) is 0 Å². The second-order valence-electron chi connectivity index (χ2n) is 3.86. The maximum absolute atomic E-state index is 13.4. The van der Waals surface area contributed by atoms with Crippen molar-refractivity contribution < 1.29 is 4.39 Å². The van der Waals surface area contributed by atoms with Crippen molar-refractivity contribution in [1.82, 2.24) is 5.32 Å². The van der Waals surface area contributed by atoms with Crippen molar-refractivity contribution in [2.75, 3.05) is 7.05 Å². The summed E-state index contributed by atoms with van der Waals surface area (Å²) in [7, 11) is 1.87. The summed E-state index contributed by atoms with van der Waals surface area (Å²) < 4.78 is 13.4. The monoisotopic (exact) mass is 269 g/mol. The van der Waals surface area contributed by atoms with Gasteiger partial charge in [0, 0.05) is 9.90 Å². The smallest absolute Gasteiger partial charge is 0.127 e. The molecule has 1 unspecified atom stereocenters. The van der Waals surface area contributed by atoms with Crippen molar-refractivity contribution in [3.8, 4) is 0 Å². The molecule has 1 aromatic carbocycles. The highest BCUT2D eigenvalue weighted by Crippen LogP contribution is 2.32. The van der Waals surface area contributed by atoms with Gasteiger partial charge in [-0.25, -0.2) is 4.39 Å².